The molecule has 8 nitrogen and oxygen atoms in total. The Bertz CT molecular complexity index is 371. The SMILES string of the molecule is COCCNS(=O)(=O)N1CCOCC1CC(=O)O. The molecular formula is C9H18N2O6S. The first-order valence-electron chi connectivity index (χ1n) is 5.52. The molecule has 9 heteroatoms. The zero-order chi connectivity index (χ0) is 13.6. The van der Waals surface area contributed by atoms with Gasteiger partial charge in [-0.25, -0.2) is 0 Å². The third kappa shape index (κ3) is 4.50. The van der Waals surface area contributed by atoms with Gasteiger partial charge in [0, 0.05) is 20.2 Å². The lowest BCUT2D eigenvalue weighted by molar-refractivity contribution is -0.139. The van der Waals surface area contributed by atoms with E-state index in [1.165, 1.54) is 7.11 Å². The van der Waals surface area contributed by atoms with Gasteiger partial charge in [-0.15, -0.1) is 0 Å². The first-order chi connectivity index (χ1) is 8.47. The van der Waals surface area contributed by atoms with Crippen molar-refractivity contribution in [1.82, 2.24) is 9.03 Å². The molecule has 106 valence electrons. The fourth-order valence-electron chi connectivity index (χ4n) is 1.67. The van der Waals surface area contributed by atoms with Crippen LogP contribution < -0.4 is 4.72 Å². The molecule has 0 radical (unpaired) electrons. The molecule has 1 saturated heterocycles. The molecule has 0 bridgehead atoms. The van der Waals surface area contributed by atoms with E-state index in [-0.39, 0.29) is 39.3 Å². The van der Waals surface area contributed by atoms with Crippen LogP contribution in [0.4, 0.5) is 0 Å². The summed E-state index contributed by atoms with van der Waals surface area (Å²) in [5.74, 6) is -1.05. The van der Waals surface area contributed by atoms with Crippen LogP contribution in [0.2, 0.25) is 0 Å². The number of aliphatic carboxylic acids is 1. The predicted molar refractivity (Wildman–Crippen MR) is 62.4 cm³/mol. The van der Waals surface area contributed by atoms with E-state index < -0.39 is 22.2 Å². The molecule has 1 rings (SSSR count). The number of nitrogens with one attached hydrogen (secondary N) is 1. The Morgan fingerprint density at radius 1 is 1.61 bits per heavy atom. The molecule has 0 aromatic heterocycles. The summed E-state index contributed by atoms with van der Waals surface area (Å²) >= 11 is 0. The molecule has 0 aromatic rings. The third-order valence-corrected chi connectivity index (χ3v) is 4.15. The maximum absolute atomic E-state index is 12.0. The Kier molecular flexibility index (Phi) is 5.96. The molecule has 1 unspecified atom stereocenters. The van der Waals surface area contributed by atoms with Gasteiger partial charge in [-0.2, -0.15) is 17.4 Å². The van der Waals surface area contributed by atoms with Crippen LogP contribution in [0.3, 0.4) is 0 Å². The average Bonchev–Trinajstić information content (AvgIpc) is 2.29. The number of rotatable bonds is 7. The van der Waals surface area contributed by atoms with Crippen LogP contribution in [0.15, 0.2) is 0 Å². The highest BCUT2D eigenvalue weighted by molar-refractivity contribution is 7.87. The van der Waals surface area contributed by atoms with E-state index in [4.69, 9.17) is 14.6 Å². The smallest absolute Gasteiger partial charge is 0.305 e. The van der Waals surface area contributed by atoms with Crippen molar-refractivity contribution in [3.8, 4) is 0 Å². The van der Waals surface area contributed by atoms with Crippen molar-refractivity contribution in [3.05, 3.63) is 0 Å². The van der Waals surface area contributed by atoms with Crippen LogP contribution in [0.25, 0.3) is 0 Å². The second-order valence-corrected chi connectivity index (χ2v) is 5.54. The number of carboxylic acids is 1. The lowest BCUT2D eigenvalue weighted by Crippen LogP contribution is -2.53. The van der Waals surface area contributed by atoms with Gasteiger partial charge in [0.15, 0.2) is 0 Å². The molecule has 1 atom stereocenters. The summed E-state index contributed by atoms with van der Waals surface area (Å²) in [6, 6.07) is -0.670. The number of hydrogen-bond donors (Lipinski definition) is 2. The molecule has 0 aromatic carbocycles. The average molecular weight is 282 g/mol. The normalized spacial score (nSPS) is 21.9. The number of carbonyl (C=O) groups is 1. The van der Waals surface area contributed by atoms with Crippen molar-refractivity contribution in [1.29, 1.82) is 0 Å². The van der Waals surface area contributed by atoms with Gasteiger partial charge in [0.1, 0.15) is 0 Å². The van der Waals surface area contributed by atoms with Crippen LogP contribution in [0.1, 0.15) is 6.42 Å². The standard InChI is InChI=1S/C9H18N2O6S/c1-16-4-2-10-18(14,15)11-3-5-17-7-8(11)6-9(12)13/h8,10H,2-7H2,1H3,(H,12,13). The van der Waals surface area contributed by atoms with Gasteiger partial charge in [-0.1, -0.05) is 0 Å². The largest absolute Gasteiger partial charge is 0.481 e. The molecule has 1 aliphatic heterocycles. The van der Waals surface area contributed by atoms with Crippen LogP contribution >= 0.6 is 0 Å². The fraction of sp³-hybridized carbons (Fsp3) is 0.889. The molecule has 1 heterocycles. The Morgan fingerprint density at radius 3 is 2.94 bits per heavy atom. The Hall–Kier alpha value is -0.740. The summed E-state index contributed by atoms with van der Waals surface area (Å²) in [5.41, 5.74) is 0. The minimum absolute atomic E-state index is 0.0947. The molecule has 0 spiro atoms. The highest BCUT2D eigenvalue weighted by Crippen LogP contribution is 2.14. The van der Waals surface area contributed by atoms with Crippen molar-refractivity contribution in [2.24, 2.45) is 0 Å². The molecule has 1 aliphatic rings. The Morgan fingerprint density at radius 2 is 2.33 bits per heavy atom. The van der Waals surface area contributed by atoms with Crippen LogP contribution in [-0.2, 0) is 24.5 Å². The van der Waals surface area contributed by atoms with E-state index in [0.29, 0.717) is 0 Å². The van der Waals surface area contributed by atoms with Crippen LogP contribution in [-0.4, -0.2) is 69.9 Å². The second-order valence-electron chi connectivity index (χ2n) is 3.83. The lowest BCUT2D eigenvalue weighted by atomic mass is 10.2. The van der Waals surface area contributed by atoms with Crippen molar-refractivity contribution >= 4 is 16.2 Å². The van der Waals surface area contributed by atoms with Gasteiger partial charge in [0.05, 0.1) is 32.3 Å². The van der Waals surface area contributed by atoms with Crippen molar-refractivity contribution in [2.75, 3.05) is 40.0 Å². The fourth-order valence-corrected chi connectivity index (χ4v) is 3.02. The van der Waals surface area contributed by atoms with Gasteiger partial charge in [0.2, 0.25) is 0 Å². The number of methoxy groups -OCH3 is 1. The summed E-state index contributed by atoms with van der Waals surface area (Å²) < 4.78 is 37.3. The summed E-state index contributed by atoms with van der Waals surface area (Å²) in [5, 5.41) is 8.75. The predicted octanol–water partition coefficient (Wildman–Crippen LogP) is -1.36. The molecule has 1 fully saturated rings. The van der Waals surface area contributed by atoms with E-state index in [0.717, 1.165) is 4.31 Å². The van der Waals surface area contributed by atoms with E-state index in [1.807, 2.05) is 0 Å². The Labute approximate surface area is 106 Å². The van der Waals surface area contributed by atoms with Crippen molar-refractivity contribution in [2.45, 2.75) is 12.5 Å². The summed E-state index contributed by atoms with van der Waals surface area (Å²) in [7, 11) is -2.22. The zero-order valence-electron chi connectivity index (χ0n) is 10.2. The van der Waals surface area contributed by atoms with Crippen molar-refractivity contribution in [3.63, 3.8) is 0 Å². The van der Waals surface area contributed by atoms with Gasteiger partial charge in [-0.05, 0) is 0 Å². The zero-order valence-corrected chi connectivity index (χ0v) is 11.0. The molecule has 18 heavy (non-hydrogen) atoms. The van der Waals surface area contributed by atoms with E-state index in [9.17, 15) is 13.2 Å². The van der Waals surface area contributed by atoms with Crippen LogP contribution in [0.5, 0.6) is 0 Å². The molecular weight excluding hydrogens is 264 g/mol. The minimum Gasteiger partial charge on any atom is -0.481 e. The number of nitrogens with zero attached hydrogens (tertiary/aromatic N) is 1. The van der Waals surface area contributed by atoms with Crippen LogP contribution in [0, 0.1) is 0 Å². The molecule has 0 saturated carbocycles. The van der Waals surface area contributed by atoms with Gasteiger partial charge in [-0.3, -0.25) is 4.79 Å². The Balaban J connectivity index is 2.66. The van der Waals surface area contributed by atoms with Crippen molar-refractivity contribution < 1.29 is 27.8 Å². The topological polar surface area (TPSA) is 105 Å². The number of ether oxygens (including phenoxy) is 2. The summed E-state index contributed by atoms with van der Waals surface area (Å²) in [6.07, 6.45) is -0.273. The van der Waals surface area contributed by atoms with Gasteiger partial charge < -0.3 is 14.6 Å². The first-order valence-corrected chi connectivity index (χ1v) is 6.96. The molecule has 0 amide bonds. The number of hydrogen-bond acceptors (Lipinski definition) is 5. The molecule has 2 N–H and O–H groups in total. The summed E-state index contributed by atoms with van der Waals surface area (Å²) in [4.78, 5) is 10.7. The highest BCUT2D eigenvalue weighted by Gasteiger charge is 2.33. The summed E-state index contributed by atoms with van der Waals surface area (Å²) in [6.45, 7) is 0.919. The van der Waals surface area contributed by atoms with Gasteiger partial charge in [0.25, 0.3) is 10.2 Å². The number of carboxylic acid groups (broad SMARTS) is 1. The second kappa shape index (κ2) is 7.00. The minimum atomic E-state index is -3.69. The van der Waals surface area contributed by atoms with E-state index in [2.05, 4.69) is 4.72 Å². The maximum atomic E-state index is 12.0. The highest BCUT2D eigenvalue weighted by atomic mass is 32.2. The monoisotopic (exact) mass is 282 g/mol. The molecule has 0 aliphatic carbocycles. The van der Waals surface area contributed by atoms with E-state index >= 15 is 0 Å². The number of morpholine rings is 1. The van der Waals surface area contributed by atoms with Gasteiger partial charge >= 0.3 is 5.97 Å². The first kappa shape index (κ1) is 15.3. The van der Waals surface area contributed by atoms with E-state index in [1.54, 1.807) is 0 Å². The third-order valence-electron chi connectivity index (χ3n) is 2.48. The maximum Gasteiger partial charge on any atom is 0.305 e. The quantitative estimate of drug-likeness (QED) is 0.559. The lowest BCUT2D eigenvalue weighted by Gasteiger charge is -2.33.